The van der Waals surface area contributed by atoms with Crippen LogP contribution in [0.4, 0.5) is 15.8 Å². The van der Waals surface area contributed by atoms with Crippen LogP contribution in [0.25, 0.3) is 16.0 Å². The number of anilines is 1. The minimum Gasteiger partial charge on any atom is -0.380 e. The number of halogens is 1. The second-order valence-electron chi connectivity index (χ2n) is 6.48. The first-order valence-corrected chi connectivity index (χ1v) is 8.66. The lowest BCUT2D eigenvalue weighted by Crippen LogP contribution is -2.34. The molecule has 136 valence electrons. The van der Waals surface area contributed by atoms with E-state index in [1.165, 1.54) is 18.6 Å². The van der Waals surface area contributed by atoms with Crippen LogP contribution in [0, 0.1) is 12.5 Å². The van der Waals surface area contributed by atoms with Gasteiger partial charge in [0.1, 0.15) is 12.2 Å². The average Bonchev–Trinajstić information content (AvgIpc) is 3.24. The molecule has 1 saturated heterocycles. The van der Waals surface area contributed by atoms with E-state index in [-0.39, 0.29) is 5.92 Å². The summed E-state index contributed by atoms with van der Waals surface area (Å²) < 4.78 is 37.4. The second-order valence-corrected chi connectivity index (χ2v) is 6.48. The van der Waals surface area contributed by atoms with E-state index in [1.54, 1.807) is 18.2 Å². The van der Waals surface area contributed by atoms with Gasteiger partial charge in [0.15, 0.2) is 0 Å². The van der Waals surface area contributed by atoms with Gasteiger partial charge >= 0.3 is 0 Å². The average molecular weight is 365 g/mol. The molecule has 0 amide bonds. The smallest absolute Gasteiger partial charge is 0.212 e. The Hall–Kier alpha value is -3.27. The van der Waals surface area contributed by atoms with Crippen molar-refractivity contribution in [2.24, 2.45) is 6.98 Å². The van der Waals surface area contributed by atoms with Crippen molar-refractivity contribution in [2.45, 2.75) is 18.8 Å². The monoisotopic (exact) mass is 365 g/mol. The molecular weight excluding hydrogens is 343 g/mol. The molecule has 0 unspecified atom stereocenters. The van der Waals surface area contributed by atoms with Gasteiger partial charge in [-0.25, -0.2) is 9.83 Å². The van der Waals surface area contributed by atoms with Crippen molar-refractivity contribution >= 4 is 11.4 Å². The summed E-state index contributed by atoms with van der Waals surface area (Å²) in [6.45, 7) is 6.54. The Kier molecular flexibility index (Phi) is 3.68. The molecule has 0 radical (unpaired) electrons. The van der Waals surface area contributed by atoms with Crippen LogP contribution in [0.1, 0.15) is 28.7 Å². The molecule has 1 aliphatic heterocycles. The number of aromatic nitrogens is 4. The van der Waals surface area contributed by atoms with Crippen LogP contribution >= 0.6 is 0 Å². The van der Waals surface area contributed by atoms with Gasteiger partial charge in [-0.3, -0.25) is 0 Å². The maximum absolute atomic E-state index is 13.3. The maximum Gasteiger partial charge on any atom is 0.212 e. The molecule has 1 aliphatic rings. The van der Waals surface area contributed by atoms with E-state index >= 15 is 0 Å². The predicted octanol–water partition coefficient (Wildman–Crippen LogP) is 3.95. The molecule has 6 nitrogen and oxygen atoms in total. The summed E-state index contributed by atoms with van der Waals surface area (Å²) in [5.41, 5.74) is 2.86. The van der Waals surface area contributed by atoms with Crippen molar-refractivity contribution in [1.29, 1.82) is 0 Å². The number of piperidine rings is 1. The molecule has 0 saturated carbocycles. The van der Waals surface area contributed by atoms with Crippen molar-refractivity contribution in [3.63, 3.8) is 0 Å². The van der Waals surface area contributed by atoms with E-state index in [2.05, 4.69) is 24.9 Å². The highest BCUT2D eigenvalue weighted by atomic mass is 19.1. The van der Waals surface area contributed by atoms with Crippen LogP contribution in [-0.2, 0) is 6.98 Å². The Morgan fingerprint density at radius 2 is 2.11 bits per heavy atom. The van der Waals surface area contributed by atoms with E-state index in [0.29, 0.717) is 37.4 Å². The number of pyridine rings is 1. The molecule has 0 N–H and O–H groups in total. The van der Waals surface area contributed by atoms with Crippen LogP contribution in [0.5, 0.6) is 0 Å². The second kappa shape index (κ2) is 7.16. The van der Waals surface area contributed by atoms with Gasteiger partial charge in [-0.2, -0.15) is 4.39 Å². The quantitative estimate of drug-likeness (QED) is 0.521. The molecule has 0 aliphatic carbocycles. The SMILES string of the molecule is [2H]C([2H])([2H])n1cnnc1C1CCN(c2c([N+]#[C-])cccc2-c2ccc(F)nc2)CC1. The maximum atomic E-state index is 13.3. The number of rotatable bonds is 3. The summed E-state index contributed by atoms with van der Waals surface area (Å²) in [4.78, 5) is 9.54. The van der Waals surface area contributed by atoms with Gasteiger partial charge in [-0.15, -0.1) is 10.2 Å². The first-order valence-electron chi connectivity index (χ1n) is 10.2. The zero-order chi connectivity index (χ0) is 21.3. The molecule has 27 heavy (non-hydrogen) atoms. The minimum absolute atomic E-state index is 0.0276. The Labute approximate surface area is 161 Å². The van der Waals surface area contributed by atoms with Crippen LogP contribution in [0.2, 0.25) is 0 Å². The fourth-order valence-corrected chi connectivity index (χ4v) is 3.61. The summed E-state index contributed by atoms with van der Waals surface area (Å²) in [6.07, 6.45) is 4.08. The van der Waals surface area contributed by atoms with Crippen molar-refractivity contribution in [3.8, 4) is 11.1 Å². The third-order valence-corrected chi connectivity index (χ3v) is 4.92. The van der Waals surface area contributed by atoms with Crippen molar-refractivity contribution in [3.05, 3.63) is 66.0 Å². The predicted molar refractivity (Wildman–Crippen MR) is 101 cm³/mol. The van der Waals surface area contributed by atoms with Crippen molar-refractivity contribution in [2.75, 3.05) is 18.0 Å². The van der Waals surface area contributed by atoms with E-state index in [4.69, 9.17) is 10.7 Å². The van der Waals surface area contributed by atoms with Crippen LogP contribution in [0.3, 0.4) is 0 Å². The molecule has 0 atom stereocenters. The van der Waals surface area contributed by atoms with Crippen LogP contribution in [0.15, 0.2) is 42.9 Å². The fraction of sp³-hybridized carbons (Fsp3) is 0.300. The molecule has 0 bridgehead atoms. The summed E-state index contributed by atoms with van der Waals surface area (Å²) in [5.74, 6) is -0.114. The number of nitrogens with zero attached hydrogens (tertiary/aromatic N) is 6. The number of hydrogen-bond donors (Lipinski definition) is 0. The van der Waals surface area contributed by atoms with Crippen LogP contribution < -0.4 is 4.90 Å². The lowest BCUT2D eigenvalue weighted by atomic mass is 9.94. The summed E-state index contributed by atoms with van der Waals surface area (Å²) in [5, 5.41) is 7.84. The standard InChI is InChI=1S/C20H19FN6/c1-22-17-5-3-4-16(15-6-7-18(21)23-12-15)19(17)27-10-8-14(9-11-27)20-25-24-13-26(20)2/h3-7,12-14H,8-11H2,2H3/i2D3. The minimum atomic E-state index is -2.31. The Morgan fingerprint density at radius 1 is 1.26 bits per heavy atom. The summed E-state index contributed by atoms with van der Waals surface area (Å²) in [6, 6.07) is 8.43. The van der Waals surface area contributed by atoms with E-state index in [0.717, 1.165) is 21.4 Å². The molecule has 1 fully saturated rings. The topological polar surface area (TPSA) is 51.2 Å². The van der Waals surface area contributed by atoms with Gasteiger partial charge in [-0.05, 0) is 30.5 Å². The first kappa shape index (κ1) is 13.9. The zero-order valence-electron chi connectivity index (χ0n) is 17.5. The van der Waals surface area contributed by atoms with Gasteiger partial charge in [0.05, 0.1) is 6.57 Å². The van der Waals surface area contributed by atoms with Crippen LogP contribution in [-0.4, -0.2) is 32.8 Å². The summed E-state index contributed by atoms with van der Waals surface area (Å²) in [7, 11) is 0. The van der Waals surface area contributed by atoms with Gasteiger partial charge in [0.25, 0.3) is 0 Å². The van der Waals surface area contributed by atoms with Gasteiger partial charge in [0.2, 0.25) is 11.6 Å². The fourth-order valence-electron chi connectivity index (χ4n) is 3.61. The third kappa shape index (κ3) is 3.26. The van der Waals surface area contributed by atoms with E-state index in [9.17, 15) is 4.39 Å². The molecule has 2 aromatic heterocycles. The van der Waals surface area contributed by atoms with Crippen molar-refractivity contribution in [1.82, 2.24) is 19.7 Å². The largest absolute Gasteiger partial charge is 0.380 e. The lowest BCUT2D eigenvalue weighted by molar-refractivity contribution is 0.474. The molecular formula is C20H19FN6. The molecule has 7 heteroatoms. The van der Waals surface area contributed by atoms with Gasteiger partial charge < -0.3 is 9.47 Å². The Balaban J connectivity index is 1.62. The van der Waals surface area contributed by atoms with Crippen molar-refractivity contribution < 1.29 is 8.50 Å². The number of para-hydroxylation sites is 1. The number of aryl methyl sites for hydroxylation is 1. The first-order chi connectivity index (χ1) is 14.4. The van der Waals surface area contributed by atoms with Gasteiger partial charge in [0, 0.05) is 47.5 Å². The molecule has 3 aromatic rings. The lowest BCUT2D eigenvalue weighted by Gasteiger charge is -2.35. The molecule has 0 spiro atoms. The third-order valence-electron chi connectivity index (χ3n) is 4.92. The normalized spacial score (nSPS) is 17.0. The number of hydrogen-bond acceptors (Lipinski definition) is 4. The highest BCUT2D eigenvalue weighted by Crippen LogP contribution is 2.41. The zero-order valence-corrected chi connectivity index (χ0v) is 14.5. The Bertz CT molecular complexity index is 1080. The molecule has 1 aromatic carbocycles. The Morgan fingerprint density at radius 3 is 2.81 bits per heavy atom. The number of benzene rings is 1. The van der Waals surface area contributed by atoms with E-state index < -0.39 is 12.9 Å². The molecule has 4 rings (SSSR count). The highest BCUT2D eigenvalue weighted by molar-refractivity contribution is 5.88. The highest BCUT2D eigenvalue weighted by Gasteiger charge is 2.26. The van der Waals surface area contributed by atoms with E-state index in [1.807, 2.05) is 6.07 Å². The van der Waals surface area contributed by atoms with Gasteiger partial charge in [-0.1, -0.05) is 18.2 Å². The summed E-state index contributed by atoms with van der Waals surface area (Å²) >= 11 is 0. The molecule has 3 heterocycles.